The summed E-state index contributed by atoms with van der Waals surface area (Å²) in [7, 11) is 0. The second-order valence-corrected chi connectivity index (χ2v) is 3.88. The molecule has 72 valence electrons. The molecule has 0 amide bonds. The van der Waals surface area contributed by atoms with Gasteiger partial charge in [-0.1, -0.05) is 4.49 Å². The van der Waals surface area contributed by atoms with Crippen LogP contribution in [0.1, 0.15) is 23.1 Å². The Morgan fingerprint density at radius 1 is 1.57 bits per heavy atom. The van der Waals surface area contributed by atoms with Crippen molar-refractivity contribution in [3.05, 3.63) is 34.7 Å². The summed E-state index contributed by atoms with van der Waals surface area (Å²) in [5.41, 5.74) is 2.18. The van der Waals surface area contributed by atoms with Crippen molar-refractivity contribution in [2.24, 2.45) is 0 Å². The lowest BCUT2D eigenvalue weighted by atomic mass is 10.00. The molecule has 0 radical (unpaired) electrons. The number of hydrogen-bond acceptors (Lipinski definition) is 5. The van der Waals surface area contributed by atoms with Gasteiger partial charge in [-0.15, -0.1) is 5.10 Å². The summed E-state index contributed by atoms with van der Waals surface area (Å²) in [6.45, 7) is 0.933. The lowest BCUT2D eigenvalue weighted by Crippen LogP contribution is -2.29. The Labute approximate surface area is 85.1 Å². The Morgan fingerprint density at radius 3 is 3.43 bits per heavy atom. The third-order valence-electron chi connectivity index (χ3n) is 2.46. The van der Waals surface area contributed by atoms with Gasteiger partial charge in [0.1, 0.15) is 5.76 Å². The highest BCUT2D eigenvalue weighted by molar-refractivity contribution is 7.03. The van der Waals surface area contributed by atoms with Gasteiger partial charge in [0.25, 0.3) is 0 Å². The summed E-state index contributed by atoms with van der Waals surface area (Å²) < 4.78 is 9.28. The molecule has 3 heterocycles. The number of furan rings is 1. The zero-order valence-corrected chi connectivity index (χ0v) is 8.25. The van der Waals surface area contributed by atoms with Gasteiger partial charge in [-0.3, -0.25) is 0 Å². The van der Waals surface area contributed by atoms with Gasteiger partial charge in [0, 0.05) is 23.9 Å². The van der Waals surface area contributed by atoms with Crippen LogP contribution in [0.2, 0.25) is 0 Å². The lowest BCUT2D eigenvalue weighted by Gasteiger charge is -2.20. The number of nitrogens with zero attached hydrogens (tertiary/aromatic N) is 2. The van der Waals surface area contributed by atoms with E-state index in [1.807, 2.05) is 11.4 Å². The van der Waals surface area contributed by atoms with E-state index in [0.717, 1.165) is 24.4 Å². The first-order chi connectivity index (χ1) is 6.95. The molecule has 3 rings (SSSR count). The van der Waals surface area contributed by atoms with Gasteiger partial charge in [-0.2, -0.15) is 0 Å². The van der Waals surface area contributed by atoms with Crippen LogP contribution in [-0.2, 0) is 6.42 Å². The average molecular weight is 207 g/mol. The third-order valence-corrected chi connectivity index (χ3v) is 2.99. The molecular formula is C9H9N3OS. The topological polar surface area (TPSA) is 51.0 Å². The molecule has 2 aromatic rings. The molecule has 4 nitrogen and oxygen atoms in total. The molecule has 1 N–H and O–H groups in total. The summed E-state index contributed by atoms with van der Waals surface area (Å²) in [4.78, 5) is 0. The Balaban J connectivity index is 2.04. The molecule has 14 heavy (non-hydrogen) atoms. The van der Waals surface area contributed by atoms with Crippen LogP contribution in [0.15, 0.2) is 22.1 Å². The molecule has 1 aliphatic heterocycles. The summed E-state index contributed by atoms with van der Waals surface area (Å²) in [6.07, 6.45) is 2.70. The fourth-order valence-electron chi connectivity index (χ4n) is 1.81. The van der Waals surface area contributed by atoms with Crippen LogP contribution in [-0.4, -0.2) is 16.1 Å². The first kappa shape index (κ1) is 8.14. The lowest BCUT2D eigenvalue weighted by molar-refractivity contribution is 0.453. The second kappa shape index (κ2) is 3.18. The van der Waals surface area contributed by atoms with Gasteiger partial charge in [-0.25, -0.2) is 0 Å². The van der Waals surface area contributed by atoms with Crippen molar-refractivity contribution in [1.29, 1.82) is 0 Å². The Hall–Kier alpha value is -1.20. The van der Waals surface area contributed by atoms with E-state index in [9.17, 15) is 0 Å². The van der Waals surface area contributed by atoms with Crippen molar-refractivity contribution in [2.45, 2.75) is 12.5 Å². The predicted octanol–water partition coefficient (Wildman–Crippen LogP) is 1.37. The molecule has 5 heteroatoms. The van der Waals surface area contributed by atoms with E-state index in [1.165, 1.54) is 17.1 Å². The molecule has 0 spiro atoms. The molecule has 1 unspecified atom stereocenters. The highest BCUT2D eigenvalue weighted by Crippen LogP contribution is 2.28. The van der Waals surface area contributed by atoms with E-state index in [-0.39, 0.29) is 6.04 Å². The maximum Gasteiger partial charge on any atom is 0.110 e. The van der Waals surface area contributed by atoms with Crippen molar-refractivity contribution in [3.63, 3.8) is 0 Å². The van der Waals surface area contributed by atoms with Gasteiger partial charge in [0.2, 0.25) is 0 Å². The van der Waals surface area contributed by atoms with Crippen molar-refractivity contribution in [3.8, 4) is 0 Å². The summed E-state index contributed by atoms with van der Waals surface area (Å²) in [5, 5.41) is 9.46. The molecule has 1 aliphatic rings. The zero-order chi connectivity index (χ0) is 9.38. The Kier molecular flexibility index (Phi) is 1.85. The molecule has 1 atom stereocenters. The second-order valence-electron chi connectivity index (χ2n) is 3.27. The normalized spacial score (nSPS) is 20.7. The number of aromatic nitrogens is 2. The largest absolute Gasteiger partial charge is 0.469 e. The first-order valence-electron chi connectivity index (χ1n) is 4.52. The van der Waals surface area contributed by atoms with Crippen LogP contribution < -0.4 is 5.32 Å². The van der Waals surface area contributed by atoms with E-state index in [0.29, 0.717) is 0 Å². The van der Waals surface area contributed by atoms with Crippen LogP contribution in [0.4, 0.5) is 0 Å². The highest BCUT2D eigenvalue weighted by Gasteiger charge is 2.24. The standard InChI is InChI=1S/C9H9N3OS/c1-3-10-9(7-5-14-12-11-7)6-2-4-13-8(1)6/h2,4-5,9-10H,1,3H2. The highest BCUT2D eigenvalue weighted by atomic mass is 32.1. The predicted molar refractivity (Wildman–Crippen MR) is 52.2 cm³/mol. The van der Waals surface area contributed by atoms with Crippen molar-refractivity contribution in [1.82, 2.24) is 14.9 Å². The number of nitrogens with one attached hydrogen (secondary N) is 1. The summed E-state index contributed by atoms with van der Waals surface area (Å²) >= 11 is 1.38. The fraction of sp³-hybridized carbons (Fsp3) is 0.333. The number of fused-ring (bicyclic) bond motifs is 1. The van der Waals surface area contributed by atoms with Crippen LogP contribution in [0.25, 0.3) is 0 Å². The summed E-state index contributed by atoms with van der Waals surface area (Å²) in [6, 6.07) is 2.17. The molecule has 0 bridgehead atoms. The molecule has 2 aromatic heterocycles. The van der Waals surface area contributed by atoms with E-state index < -0.39 is 0 Å². The minimum Gasteiger partial charge on any atom is -0.469 e. The minimum atomic E-state index is 0.163. The van der Waals surface area contributed by atoms with Crippen LogP contribution >= 0.6 is 11.5 Å². The Bertz CT molecular complexity index is 423. The van der Waals surface area contributed by atoms with Crippen LogP contribution in [0, 0.1) is 0 Å². The molecule has 0 aromatic carbocycles. The van der Waals surface area contributed by atoms with Gasteiger partial charge in [-0.05, 0) is 17.6 Å². The number of hydrogen-bond donors (Lipinski definition) is 1. The van der Waals surface area contributed by atoms with E-state index in [1.54, 1.807) is 6.26 Å². The maximum absolute atomic E-state index is 5.40. The molecule has 0 aliphatic carbocycles. The van der Waals surface area contributed by atoms with Gasteiger partial charge >= 0.3 is 0 Å². The molecule has 0 saturated carbocycles. The fourth-order valence-corrected chi connectivity index (χ4v) is 2.29. The van der Waals surface area contributed by atoms with Gasteiger partial charge in [0.15, 0.2) is 0 Å². The summed E-state index contributed by atoms with van der Waals surface area (Å²) in [5.74, 6) is 1.07. The zero-order valence-electron chi connectivity index (χ0n) is 7.43. The smallest absolute Gasteiger partial charge is 0.110 e. The maximum atomic E-state index is 5.40. The van der Waals surface area contributed by atoms with Crippen molar-refractivity contribution in [2.75, 3.05) is 6.54 Å². The van der Waals surface area contributed by atoms with Crippen molar-refractivity contribution >= 4 is 11.5 Å². The third kappa shape index (κ3) is 1.17. The van der Waals surface area contributed by atoms with Gasteiger partial charge < -0.3 is 9.73 Å². The average Bonchev–Trinajstić information content (AvgIpc) is 2.88. The van der Waals surface area contributed by atoms with Gasteiger partial charge in [0.05, 0.1) is 18.0 Å². The number of rotatable bonds is 1. The molecule has 0 fully saturated rings. The molecule has 0 saturated heterocycles. The quantitative estimate of drug-likeness (QED) is 0.767. The van der Waals surface area contributed by atoms with Crippen LogP contribution in [0.3, 0.4) is 0 Å². The van der Waals surface area contributed by atoms with E-state index in [2.05, 4.69) is 14.9 Å². The first-order valence-corrected chi connectivity index (χ1v) is 5.35. The Morgan fingerprint density at radius 2 is 2.57 bits per heavy atom. The molecular weight excluding hydrogens is 198 g/mol. The van der Waals surface area contributed by atoms with E-state index >= 15 is 0 Å². The monoisotopic (exact) mass is 207 g/mol. The SMILES string of the molecule is c1cc2c(o1)CCNC2c1csnn1. The minimum absolute atomic E-state index is 0.163. The van der Waals surface area contributed by atoms with Crippen LogP contribution in [0.5, 0.6) is 0 Å². The van der Waals surface area contributed by atoms with E-state index in [4.69, 9.17) is 4.42 Å². The van der Waals surface area contributed by atoms with Crippen molar-refractivity contribution < 1.29 is 4.42 Å².